The third-order valence-corrected chi connectivity index (χ3v) is 4.84. The van der Waals surface area contributed by atoms with Crippen LogP contribution in [-0.2, 0) is 4.79 Å². The minimum atomic E-state index is -0.475. The number of piperidine rings is 1. The number of hydrogen-bond acceptors (Lipinski definition) is 8. The third-order valence-electron chi connectivity index (χ3n) is 4.84. The van der Waals surface area contributed by atoms with Crippen LogP contribution in [0.25, 0.3) is 11.7 Å². The first kappa shape index (κ1) is 18.8. The molecule has 0 unspecified atom stereocenters. The van der Waals surface area contributed by atoms with E-state index in [2.05, 4.69) is 20.4 Å². The molecule has 1 aliphatic rings. The van der Waals surface area contributed by atoms with Crippen LogP contribution in [-0.4, -0.2) is 45.6 Å². The summed E-state index contributed by atoms with van der Waals surface area (Å²) >= 11 is 0. The van der Waals surface area contributed by atoms with Crippen molar-refractivity contribution in [2.45, 2.75) is 18.8 Å². The van der Waals surface area contributed by atoms with Crippen molar-refractivity contribution >= 4 is 17.3 Å². The Kier molecular flexibility index (Phi) is 5.34. The second-order valence-electron chi connectivity index (χ2n) is 6.83. The van der Waals surface area contributed by atoms with E-state index in [1.165, 1.54) is 24.3 Å². The van der Waals surface area contributed by atoms with Gasteiger partial charge in [-0.25, -0.2) is 0 Å². The van der Waals surface area contributed by atoms with Gasteiger partial charge in [-0.2, -0.15) is 0 Å². The zero-order chi connectivity index (χ0) is 20.2. The normalized spacial score (nSPS) is 15.3. The summed E-state index contributed by atoms with van der Waals surface area (Å²) in [5.74, 6) is 1.50. The molecular weight excluding hydrogens is 378 g/mol. The zero-order valence-corrected chi connectivity index (χ0v) is 15.5. The SMILES string of the molecule is O=C(CN1CCC(c2nnc(-c3ccco3)o2)CC1)Nc1ccc([N+](=O)[O-])cc1. The molecule has 1 fully saturated rings. The molecule has 0 aliphatic carbocycles. The third kappa shape index (κ3) is 4.49. The van der Waals surface area contributed by atoms with Crippen molar-refractivity contribution in [3.63, 3.8) is 0 Å². The average molecular weight is 397 g/mol. The van der Waals surface area contributed by atoms with Crippen molar-refractivity contribution in [2.24, 2.45) is 0 Å². The molecule has 1 aliphatic heterocycles. The Balaban J connectivity index is 1.26. The van der Waals surface area contributed by atoms with E-state index < -0.39 is 4.92 Å². The smallest absolute Gasteiger partial charge is 0.283 e. The molecule has 3 aromatic rings. The lowest BCUT2D eigenvalue weighted by atomic mass is 9.97. The fraction of sp³-hybridized carbons (Fsp3) is 0.316. The molecule has 2 aromatic heterocycles. The molecule has 150 valence electrons. The fourth-order valence-electron chi connectivity index (χ4n) is 3.31. The van der Waals surface area contributed by atoms with Crippen LogP contribution in [0.5, 0.6) is 0 Å². The number of furan rings is 1. The van der Waals surface area contributed by atoms with Crippen LogP contribution in [0.3, 0.4) is 0 Å². The van der Waals surface area contributed by atoms with Gasteiger partial charge in [0.15, 0.2) is 5.76 Å². The monoisotopic (exact) mass is 397 g/mol. The minimum Gasteiger partial charge on any atom is -0.459 e. The van der Waals surface area contributed by atoms with Gasteiger partial charge in [0.05, 0.1) is 17.7 Å². The van der Waals surface area contributed by atoms with Gasteiger partial charge in [-0.3, -0.25) is 19.8 Å². The molecule has 0 saturated carbocycles. The first-order valence-electron chi connectivity index (χ1n) is 9.22. The quantitative estimate of drug-likeness (QED) is 0.496. The standard InChI is InChI=1S/C19H19N5O5/c25-17(20-14-3-5-15(6-4-14)24(26)27)12-23-9-7-13(8-10-23)18-21-22-19(29-18)16-2-1-11-28-16/h1-6,11,13H,7-10,12H2,(H,20,25). The summed E-state index contributed by atoms with van der Waals surface area (Å²) in [6, 6.07) is 9.30. The number of hydrogen-bond donors (Lipinski definition) is 1. The summed E-state index contributed by atoms with van der Waals surface area (Å²) in [6.07, 6.45) is 3.18. The Morgan fingerprint density at radius 1 is 1.21 bits per heavy atom. The number of nitro benzene ring substituents is 1. The lowest BCUT2D eigenvalue weighted by Gasteiger charge is -2.29. The molecule has 3 heterocycles. The van der Waals surface area contributed by atoms with Crippen molar-refractivity contribution in [1.29, 1.82) is 0 Å². The highest BCUT2D eigenvalue weighted by molar-refractivity contribution is 5.92. The van der Waals surface area contributed by atoms with Gasteiger partial charge < -0.3 is 14.2 Å². The van der Waals surface area contributed by atoms with Crippen LogP contribution in [0.2, 0.25) is 0 Å². The molecule has 10 heteroatoms. The average Bonchev–Trinajstić information content (AvgIpc) is 3.41. The lowest BCUT2D eigenvalue weighted by molar-refractivity contribution is -0.384. The van der Waals surface area contributed by atoms with Gasteiger partial charge >= 0.3 is 0 Å². The lowest BCUT2D eigenvalue weighted by Crippen LogP contribution is -2.38. The Hall–Kier alpha value is -3.53. The van der Waals surface area contributed by atoms with Gasteiger partial charge in [-0.15, -0.1) is 10.2 Å². The van der Waals surface area contributed by atoms with Crippen LogP contribution >= 0.6 is 0 Å². The molecule has 0 radical (unpaired) electrons. The number of likely N-dealkylation sites (tertiary alicyclic amines) is 1. The second-order valence-corrected chi connectivity index (χ2v) is 6.83. The van der Waals surface area contributed by atoms with Crippen LogP contribution < -0.4 is 5.32 Å². The topological polar surface area (TPSA) is 128 Å². The van der Waals surface area contributed by atoms with Crippen molar-refractivity contribution < 1.29 is 18.6 Å². The van der Waals surface area contributed by atoms with Crippen LogP contribution in [0, 0.1) is 10.1 Å². The number of anilines is 1. The van der Waals surface area contributed by atoms with Crippen molar-refractivity contribution in [3.05, 3.63) is 58.7 Å². The van der Waals surface area contributed by atoms with Crippen molar-refractivity contribution in [3.8, 4) is 11.7 Å². The Morgan fingerprint density at radius 2 is 1.97 bits per heavy atom. The van der Waals surface area contributed by atoms with Crippen LogP contribution in [0.4, 0.5) is 11.4 Å². The number of nitro groups is 1. The van der Waals surface area contributed by atoms with E-state index >= 15 is 0 Å². The number of benzene rings is 1. The van der Waals surface area contributed by atoms with Gasteiger partial charge in [-0.1, -0.05) is 0 Å². The highest BCUT2D eigenvalue weighted by Crippen LogP contribution is 2.29. The number of rotatable bonds is 6. The first-order chi connectivity index (χ1) is 14.1. The fourth-order valence-corrected chi connectivity index (χ4v) is 3.31. The van der Waals surface area contributed by atoms with E-state index in [4.69, 9.17) is 8.83 Å². The molecular formula is C19H19N5O5. The van der Waals surface area contributed by atoms with Gasteiger partial charge in [0.25, 0.3) is 11.6 Å². The van der Waals surface area contributed by atoms with E-state index in [0.717, 1.165) is 25.9 Å². The largest absolute Gasteiger partial charge is 0.459 e. The number of non-ortho nitro benzene ring substituents is 1. The molecule has 1 N–H and O–H groups in total. The van der Waals surface area contributed by atoms with E-state index in [1.807, 2.05) is 0 Å². The van der Waals surface area contributed by atoms with E-state index in [1.54, 1.807) is 18.4 Å². The number of nitrogens with one attached hydrogen (secondary N) is 1. The maximum atomic E-state index is 12.2. The highest BCUT2D eigenvalue weighted by Gasteiger charge is 2.26. The summed E-state index contributed by atoms with van der Waals surface area (Å²) < 4.78 is 11.0. The number of carbonyl (C=O) groups is 1. The molecule has 29 heavy (non-hydrogen) atoms. The Bertz CT molecular complexity index is 975. The van der Waals surface area contributed by atoms with Gasteiger partial charge in [0, 0.05) is 23.7 Å². The maximum Gasteiger partial charge on any atom is 0.283 e. The summed E-state index contributed by atoms with van der Waals surface area (Å²) in [5, 5.41) is 21.6. The predicted molar refractivity (Wildman–Crippen MR) is 102 cm³/mol. The van der Waals surface area contributed by atoms with E-state index in [-0.39, 0.29) is 24.1 Å². The second kappa shape index (κ2) is 8.23. The number of amides is 1. The number of aromatic nitrogens is 2. The molecule has 1 aromatic carbocycles. The molecule has 0 bridgehead atoms. The Labute approximate surface area is 165 Å². The summed E-state index contributed by atoms with van der Waals surface area (Å²) in [5.41, 5.74) is 0.521. The van der Waals surface area contributed by atoms with Crippen LogP contribution in [0.1, 0.15) is 24.7 Å². The minimum absolute atomic E-state index is 0.0127. The molecule has 0 atom stereocenters. The van der Waals surface area contributed by atoms with Crippen molar-refractivity contribution in [1.82, 2.24) is 15.1 Å². The van der Waals surface area contributed by atoms with E-state index in [9.17, 15) is 14.9 Å². The molecule has 10 nitrogen and oxygen atoms in total. The Morgan fingerprint density at radius 3 is 2.62 bits per heavy atom. The highest BCUT2D eigenvalue weighted by atomic mass is 16.6. The van der Waals surface area contributed by atoms with Crippen LogP contribution in [0.15, 0.2) is 51.5 Å². The number of carbonyl (C=O) groups excluding carboxylic acids is 1. The van der Waals surface area contributed by atoms with Gasteiger partial charge in [0.2, 0.25) is 11.8 Å². The summed E-state index contributed by atoms with van der Waals surface area (Å²) in [4.78, 5) is 24.5. The summed E-state index contributed by atoms with van der Waals surface area (Å²) in [7, 11) is 0. The zero-order valence-electron chi connectivity index (χ0n) is 15.5. The van der Waals surface area contributed by atoms with Gasteiger partial charge in [-0.05, 0) is 50.2 Å². The molecule has 0 spiro atoms. The van der Waals surface area contributed by atoms with Gasteiger partial charge in [0.1, 0.15) is 0 Å². The molecule has 1 amide bonds. The first-order valence-corrected chi connectivity index (χ1v) is 9.22. The summed E-state index contributed by atoms with van der Waals surface area (Å²) in [6.45, 7) is 1.72. The maximum absolute atomic E-state index is 12.2. The molecule has 4 rings (SSSR count). The van der Waals surface area contributed by atoms with Crippen molar-refractivity contribution in [2.75, 3.05) is 25.0 Å². The molecule has 1 saturated heterocycles. The predicted octanol–water partition coefficient (Wildman–Crippen LogP) is 3.06. The van der Waals surface area contributed by atoms with E-state index in [0.29, 0.717) is 23.2 Å². The number of nitrogens with zero attached hydrogens (tertiary/aromatic N) is 4.